The van der Waals surface area contributed by atoms with E-state index in [0.717, 1.165) is 27.7 Å². The second-order valence-corrected chi connectivity index (χ2v) is 6.18. The molecule has 3 nitrogen and oxygen atoms in total. The fraction of sp³-hybridized carbons (Fsp3) is 0.235. The Morgan fingerprint density at radius 2 is 1.57 bits per heavy atom. The van der Waals surface area contributed by atoms with Crippen molar-refractivity contribution in [3.63, 3.8) is 0 Å². The van der Waals surface area contributed by atoms with Crippen LogP contribution in [0, 0.1) is 0 Å². The van der Waals surface area contributed by atoms with Gasteiger partial charge in [-0.2, -0.15) is 0 Å². The molecule has 0 radical (unpaired) electrons. The van der Waals surface area contributed by atoms with Crippen LogP contribution in [0.1, 0.15) is 6.92 Å². The minimum atomic E-state index is 0.111. The average Bonchev–Trinajstić information content (AvgIpc) is 2.52. The SMILES string of the molecule is CCN(C)CC(=O)N1c2ccccc2Sc2ccccc21. The summed E-state index contributed by atoms with van der Waals surface area (Å²) in [5.41, 5.74) is 1.96. The monoisotopic (exact) mass is 298 g/mol. The van der Waals surface area contributed by atoms with E-state index in [9.17, 15) is 4.79 Å². The first kappa shape index (κ1) is 14.2. The molecule has 1 aliphatic heterocycles. The lowest BCUT2D eigenvalue weighted by Gasteiger charge is -2.32. The highest BCUT2D eigenvalue weighted by molar-refractivity contribution is 7.99. The maximum absolute atomic E-state index is 12.8. The highest BCUT2D eigenvalue weighted by Crippen LogP contribution is 2.47. The number of para-hydroxylation sites is 2. The minimum Gasteiger partial charge on any atom is -0.298 e. The van der Waals surface area contributed by atoms with Crippen LogP contribution in [0.4, 0.5) is 11.4 Å². The smallest absolute Gasteiger partial charge is 0.245 e. The zero-order valence-electron chi connectivity index (χ0n) is 12.2. The van der Waals surface area contributed by atoms with Crippen LogP contribution >= 0.6 is 11.8 Å². The van der Waals surface area contributed by atoms with Crippen LogP contribution in [0.2, 0.25) is 0 Å². The third-order valence-corrected chi connectivity index (χ3v) is 4.76. The summed E-state index contributed by atoms with van der Waals surface area (Å²) in [6.45, 7) is 3.34. The van der Waals surface area contributed by atoms with Gasteiger partial charge in [-0.1, -0.05) is 43.0 Å². The molecule has 1 amide bonds. The molecule has 1 heterocycles. The van der Waals surface area contributed by atoms with Crippen molar-refractivity contribution in [2.75, 3.05) is 25.0 Å². The highest BCUT2D eigenvalue weighted by atomic mass is 32.2. The van der Waals surface area contributed by atoms with Gasteiger partial charge in [-0.3, -0.25) is 14.6 Å². The summed E-state index contributed by atoms with van der Waals surface area (Å²) >= 11 is 1.72. The molecule has 0 aliphatic carbocycles. The summed E-state index contributed by atoms with van der Waals surface area (Å²) in [5.74, 6) is 0.111. The van der Waals surface area contributed by atoms with E-state index in [1.54, 1.807) is 11.8 Å². The standard InChI is InChI=1S/C17H18N2OS/c1-3-18(2)12-17(20)19-13-8-4-6-10-15(13)21-16-11-7-5-9-14(16)19/h4-11H,3,12H2,1-2H3. The fourth-order valence-electron chi connectivity index (χ4n) is 2.39. The quantitative estimate of drug-likeness (QED) is 0.862. The molecule has 2 aromatic rings. The van der Waals surface area contributed by atoms with Gasteiger partial charge in [0.15, 0.2) is 0 Å². The summed E-state index contributed by atoms with van der Waals surface area (Å²) in [5, 5.41) is 0. The number of likely N-dealkylation sites (N-methyl/N-ethyl adjacent to an activating group) is 1. The summed E-state index contributed by atoms with van der Waals surface area (Å²) in [7, 11) is 1.97. The van der Waals surface area contributed by atoms with Crippen molar-refractivity contribution >= 4 is 29.0 Å². The molecule has 2 aromatic carbocycles. The molecule has 108 valence electrons. The molecule has 0 spiro atoms. The summed E-state index contributed by atoms with van der Waals surface area (Å²) in [4.78, 5) is 18.9. The van der Waals surface area contributed by atoms with Crippen molar-refractivity contribution in [2.24, 2.45) is 0 Å². The molecule has 21 heavy (non-hydrogen) atoms. The van der Waals surface area contributed by atoms with Crippen LogP contribution in [-0.4, -0.2) is 30.9 Å². The van der Waals surface area contributed by atoms with Gasteiger partial charge >= 0.3 is 0 Å². The first-order chi connectivity index (χ1) is 10.2. The van der Waals surface area contributed by atoms with Crippen LogP contribution in [-0.2, 0) is 4.79 Å². The number of carbonyl (C=O) groups is 1. The van der Waals surface area contributed by atoms with E-state index in [-0.39, 0.29) is 5.91 Å². The first-order valence-electron chi connectivity index (χ1n) is 7.08. The molecular formula is C17H18N2OS. The lowest BCUT2D eigenvalue weighted by molar-refractivity contribution is -0.118. The molecule has 0 saturated heterocycles. The Labute approximate surface area is 129 Å². The molecular weight excluding hydrogens is 280 g/mol. The number of amides is 1. The minimum absolute atomic E-state index is 0.111. The number of anilines is 2. The van der Waals surface area contributed by atoms with Crippen molar-refractivity contribution in [1.82, 2.24) is 4.90 Å². The van der Waals surface area contributed by atoms with Crippen LogP contribution < -0.4 is 4.90 Å². The van der Waals surface area contributed by atoms with E-state index in [1.165, 1.54) is 0 Å². The van der Waals surface area contributed by atoms with Crippen LogP contribution in [0.5, 0.6) is 0 Å². The summed E-state index contributed by atoms with van der Waals surface area (Å²) in [6.07, 6.45) is 0. The van der Waals surface area contributed by atoms with E-state index in [2.05, 4.69) is 19.1 Å². The highest BCUT2D eigenvalue weighted by Gasteiger charge is 2.27. The number of carbonyl (C=O) groups excluding carboxylic acids is 1. The van der Waals surface area contributed by atoms with Gasteiger partial charge in [-0.25, -0.2) is 0 Å². The summed E-state index contributed by atoms with van der Waals surface area (Å²) in [6, 6.07) is 16.2. The lowest BCUT2D eigenvalue weighted by Crippen LogP contribution is -2.37. The summed E-state index contributed by atoms with van der Waals surface area (Å²) < 4.78 is 0. The lowest BCUT2D eigenvalue weighted by atomic mass is 10.2. The molecule has 0 fully saturated rings. The molecule has 4 heteroatoms. The molecule has 0 atom stereocenters. The largest absolute Gasteiger partial charge is 0.298 e. The Hall–Kier alpha value is -1.78. The second kappa shape index (κ2) is 5.92. The third-order valence-electron chi connectivity index (χ3n) is 3.63. The van der Waals surface area contributed by atoms with Gasteiger partial charge in [0.1, 0.15) is 0 Å². The van der Waals surface area contributed by atoms with Crippen molar-refractivity contribution in [1.29, 1.82) is 0 Å². The Morgan fingerprint density at radius 1 is 1.05 bits per heavy atom. The van der Waals surface area contributed by atoms with E-state index < -0.39 is 0 Å². The van der Waals surface area contributed by atoms with Crippen molar-refractivity contribution in [3.8, 4) is 0 Å². The normalized spacial score (nSPS) is 13.0. The Kier molecular flexibility index (Phi) is 3.99. The number of nitrogens with zero attached hydrogens (tertiary/aromatic N) is 2. The zero-order chi connectivity index (χ0) is 14.8. The Bertz CT molecular complexity index is 626. The predicted molar refractivity (Wildman–Crippen MR) is 87.3 cm³/mol. The topological polar surface area (TPSA) is 23.6 Å². The molecule has 1 aliphatic rings. The van der Waals surface area contributed by atoms with Gasteiger partial charge in [0, 0.05) is 9.79 Å². The molecule has 0 unspecified atom stereocenters. The molecule has 0 N–H and O–H groups in total. The van der Waals surface area contributed by atoms with Gasteiger partial charge in [-0.15, -0.1) is 0 Å². The second-order valence-electron chi connectivity index (χ2n) is 5.10. The Morgan fingerprint density at radius 3 is 2.10 bits per heavy atom. The van der Waals surface area contributed by atoms with Gasteiger partial charge in [0.25, 0.3) is 0 Å². The van der Waals surface area contributed by atoms with E-state index in [0.29, 0.717) is 6.54 Å². The first-order valence-corrected chi connectivity index (χ1v) is 7.89. The van der Waals surface area contributed by atoms with E-state index >= 15 is 0 Å². The number of fused-ring (bicyclic) bond motifs is 2. The molecule has 0 saturated carbocycles. The maximum atomic E-state index is 12.8. The van der Waals surface area contributed by atoms with Crippen molar-refractivity contribution < 1.29 is 4.79 Å². The van der Waals surface area contributed by atoms with Gasteiger partial charge < -0.3 is 0 Å². The maximum Gasteiger partial charge on any atom is 0.245 e. The Balaban J connectivity index is 2.04. The van der Waals surface area contributed by atoms with Crippen LogP contribution in [0.15, 0.2) is 58.3 Å². The third kappa shape index (κ3) is 2.69. The number of hydrogen-bond donors (Lipinski definition) is 0. The van der Waals surface area contributed by atoms with E-state index in [1.807, 2.05) is 53.2 Å². The van der Waals surface area contributed by atoms with E-state index in [4.69, 9.17) is 0 Å². The molecule has 0 aromatic heterocycles. The number of rotatable bonds is 3. The average molecular weight is 298 g/mol. The number of benzene rings is 2. The predicted octanol–water partition coefficient (Wildman–Crippen LogP) is 3.77. The van der Waals surface area contributed by atoms with Gasteiger partial charge in [0.2, 0.25) is 5.91 Å². The van der Waals surface area contributed by atoms with Crippen molar-refractivity contribution in [2.45, 2.75) is 16.7 Å². The molecule has 0 bridgehead atoms. The van der Waals surface area contributed by atoms with Gasteiger partial charge in [-0.05, 0) is 37.9 Å². The molecule has 3 rings (SSSR count). The fourth-order valence-corrected chi connectivity index (χ4v) is 3.44. The van der Waals surface area contributed by atoms with Crippen molar-refractivity contribution in [3.05, 3.63) is 48.5 Å². The number of hydrogen-bond acceptors (Lipinski definition) is 3. The van der Waals surface area contributed by atoms with Gasteiger partial charge in [0.05, 0.1) is 17.9 Å². The van der Waals surface area contributed by atoms with Crippen LogP contribution in [0.25, 0.3) is 0 Å². The zero-order valence-corrected chi connectivity index (χ0v) is 13.1. The van der Waals surface area contributed by atoms with Crippen LogP contribution in [0.3, 0.4) is 0 Å².